The van der Waals surface area contributed by atoms with E-state index in [0.29, 0.717) is 11.7 Å². The number of nitrogens with one attached hydrogen (secondary N) is 3. The second kappa shape index (κ2) is 7.91. The number of aliphatic hydroxyl groups is 2. The average molecular weight is 316 g/mol. The molecule has 0 saturated carbocycles. The molecule has 0 bridgehead atoms. The zero-order chi connectivity index (χ0) is 16.0. The fourth-order valence-electron chi connectivity index (χ4n) is 1.91. The number of primary amides is 1. The van der Waals surface area contributed by atoms with Gasteiger partial charge in [0.25, 0.3) is 0 Å². The van der Waals surface area contributed by atoms with Gasteiger partial charge in [-0.2, -0.15) is 0 Å². The quantitative estimate of drug-likeness (QED) is 0.308. The van der Waals surface area contributed by atoms with Gasteiger partial charge in [0.15, 0.2) is 5.11 Å². The zero-order valence-electron chi connectivity index (χ0n) is 11.6. The van der Waals surface area contributed by atoms with Crippen LogP contribution < -0.4 is 21.7 Å². The molecule has 3 atom stereocenters. The third kappa shape index (κ3) is 5.29. The van der Waals surface area contributed by atoms with Crippen LogP contribution in [-0.4, -0.2) is 58.5 Å². The van der Waals surface area contributed by atoms with Gasteiger partial charge in [0.05, 0.1) is 18.7 Å². The van der Waals surface area contributed by atoms with Crippen molar-refractivity contribution in [1.82, 2.24) is 16.0 Å². The number of thiocarbonyl (C=S) groups is 1. The number of aliphatic hydroxyl groups excluding tert-OH is 2. The zero-order valence-corrected chi connectivity index (χ0v) is 12.4. The van der Waals surface area contributed by atoms with E-state index in [0.717, 1.165) is 0 Å². The Balaban J connectivity index is 2.76. The molecule has 0 spiro atoms. The normalized spacial score (nSPS) is 24.7. The lowest BCUT2D eigenvalue weighted by molar-refractivity contribution is -0.123. The van der Waals surface area contributed by atoms with E-state index in [1.165, 1.54) is 6.08 Å². The van der Waals surface area contributed by atoms with E-state index in [9.17, 15) is 19.8 Å². The van der Waals surface area contributed by atoms with Gasteiger partial charge in [-0.15, -0.1) is 0 Å². The van der Waals surface area contributed by atoms with Gasteiger partial charge in [-0.1, -0.05) is 6.08 Å². The first-order valence-corrected chi connectivity index (χ1v) is 6.93. The Kier molecular flexibility index (Phi) is 6.53. The molecule has 8 nitrogen and oxygen atoms in total. The highest BCUT2D eigenvalue weighted by Crippen LogP contribution is 2.19. The molecule has 1 aliphatic carbocycles. The molecular formula is C12H20N4O4S. The summed E-state index contributed by atoms with van der Waals surface area (Å²) in [5.41, 5.74) is 5.20. The van der Waals surface area contributed by atoms with Crippen LogP contribution in [0.25, 0.3) is 0 Å². The highest BCUT2D eigenvalue weighted by atomic mass is 32.1. The van der Waals surface area contributed by atoms with Gasteiger partial charge in [0.1, 0.15) is 6.10 Å². The second-order valence-corrected chi connectivity index (χ2v) is 5.04. The number of amides is 2. The van der Waals surface area contributed by atoms with Crippen molar-refractivity contribution in [2.45, 2.75) is 31.6 Å². The number of rotatable bonds is 5. The maximum absolute atomic E-state index is 11.9. The summed E-state index contributed by atoms with van der Waals surface area (Å²) in [6.45, 7) is 2.17. The molecule has 9 heteroatoms. The van der Waals surface area contributed by atoms with E-state index in [-0.39, 0.29) is 18.5 Å². The lowest BCUT2D eigenvalue weighted by atomic mass is 9.90. The molecule has 0 unspecified atom stereocenters. The molecule has 0 saturated heterocycles. The summed E-state index contributed by atoms with van der Waals surface area (Å²) >= 11 is 5.01. The predicted molar refractivity (Wildman–Crippen MR) is 80.1 cm³/mol. The van der Waals surface area contributed by atoms with Crippen molar-refractivity contribution in [1.29, 1.82) is 0 Å². The molecule has 1 rings (SSSR count). The molecule has 2 amide bonds. The van der Waals surface area contributed by atoms with Crippen LogP contribution in [0.4, 0.5) is 0 Å². The van der Waals surface area contributed by atoms with Crippen LogP contribution in [0.5, 0.6) is 0 Å². The van der Waals surface area contributed by atoms with E-state index in [1.54, 1.807) is 0 Å². The van der Waals surface area contributed by atoms with Crippen LogP contribution in [-0.2, 0) is 9.59 Å². The predicted octanol–water partition coefficient (Wildman–Crippen LogP) is -2.51. The number of hydrogen-bond donors (Lipinski definition) is 6. The summed E-state index contributed by atoms with van der Waals surface area (Å²) < 4.78 is 0. The smallest absolute Gasteiger partial charge is 0.247 e. The van der Waals surface area contributed by atoms with Gasteiger partial charge in [0, 0.05) is 18.5 Å². The fourth-order valence-corrected chi connectivity index (χ4v) is 2.19. The molecule has 0 radical (unpaired) electrons. The number of hydrogen-bond acceptors (Lipinski definition) is 5. The molecule has 0 aliphatic heterocycles. The molecule has 0 aromatic carbocycles. The number of carbonyl (C=O) groups excluding carboxylic acids is 2. The van der Waals surface area contributed by atoms with E-state index in [4.69, 9.17) is 18.0 Å². The van der Waals surface area contributed by atoms with Crippen molar-refractivity contribution in [3.8, 4) is 0 Å². The van der Waals surface area contributed by atoms with Crippen molar-refractivity contribution in [3.05, 3.63) is 11.6 Å². The Labute approximate surface area is 127 Å². The Bertz CT molecular complexity index is 455. The molecule has 118 valence electrons. The van der Waals surface area contributed by atoms with Gasteiger partial charge in [0.2, 0.25) is 11.8 Å². The summed E-state index contributed by atoms with van der Waals surface area (Å²) in [5.74, 6) is -1.18. The van der Waals surface area contributed by atoms with E-state index < -0.39 is 30.1 Å². The Hall–Kier alpha value is -1.71. The molecular weight excluding hydrogens is 296 g/mol. The minimum atomic E-state index is -1.11. The highest BCUT2D eigenvalue weighted by molar-refractivity contribution is 7.80. The third-order valence-corrected chi connectivity index (χ3v) is 3.18. The summed E-state index contributed by atoms with van der Waals surface area (Å²) in [4.78, 5) is 22.5. The van der Waals surface area contributed by atoms with Crippen LogP contribution in [0.15, 0.2) is 11.6 Å². The number of nitrogens with two attached hydrogens (primary N) is 1. The summed E-state index contributed by atoms with van der Waals surface area (Å²) in [6, 6.07) is -0.699. The SMILES string of the molecule is CCNC(=S)N[C@@H]1C=C(C(=O)NCC(N)=O)C[C@@H](O)[C@@H]1O. The molecule has 0 fully saturated rings. The van der Waals surface area contributed by atoms with Crippen molar-refractivity contribution in [3.63, 3.8) is 0 Å². The standard InChI is InChI=1S/C12H20N4O4S/c1-2-14-12(21)16-7-3-6(4-8(17)10(7)19)11(20)15-5-9(13)18/h3,7-8,10,17,19H,2,4-5H2,1H3,(H2,13,18)(H,15,20)(H2,14,16,21)/t7-,8-,10-/m1/s1. The molecule has 0 heterocycles. The fraction of sp³-hybridized carbons (Fsp3) is 0.583. The van der Waals surface area contributed by atoms with Gasteiger partial charge >= 0.3 is 0 Å². The van der Waals surface area contributed by atoms with Crippen LogP contribution in [0.1, 0.15) is 13.3 Å². The maximum Gasteiger partial charge on any atom is 0.247 e. The average Bonchev–Trinajstić information content (AvgIpc) is 2.41. The Morgan fingerprint density at radius 1 is 1.43 bits per heavy atom. The van der Waals surface area contributed by atoms with E-state index in [1.807, 2.05) is 6.92 Å². The highest BCUT2D eigenvalue weighted by Gasteiger charge is 2.33. The van der Waals surface area contributed by atoms with Crippen molar-refractivity contribution in [2.24, 2.45) is 5.73 Å². The van der Waals surface area contributed by atoms with Gasteiger partial charge in [-0.3, -0.25) is 9.59 Å². The molecule has 7 N–H and O–H groups in total. The lowest BCUT2D eigenvalue weighted by Gasteiger charge is -2.31. The third-order valence-electron chi connectivity index (χ3n) is 2.92. The van der Waals surface area contributed by atoms with Gasteiger partial charge < -0.3 is 31.9 Å². The summed E-state index contributed by atoms with van der Waals surface area (Å²) in [7, 11) is 0. The van der Waals surface area contributed by atoms with Crippen LogP contribution in [0, 0.1) is 0 Å². The summed E-state index contributed by atoms with van der Waals surface area (Å²) in [6.07, 6.45) is -0.726. The lowest BCUT2D eigenvalue weighted by Crippen LogP contribution is -2.53. The van der Waals surface area contributed by atoms with E-state index in [2.05, 4.69) is 16.0 Å². The van der Waals surface area contributed by atoms with Gasteiger partial charge in [-0.05, 0) is 19.1 Å². The van der Waals surface area contributed by atoms with E-state index >= 15 is 0 Å². The maximum atomic E-state index is 11.9. The minimum Gasteiger partial charge on any atom is -0.390 e. The Morgan fingerprint density at radius 3 is 2.67 bits per heavy atom. The van der Waals surface area contributed by atoms with Crippen LogP contribution >= 0.6 is 12.2 Å². The second-order valence-electron chi connectivity index (χ2n) is 4.63. The first kappa shape index (κ1) is 17.3. The van der Waals surface area contributed by atoms with Gasteiger partial charge in [-0.25, -0.2) is 0 Å². The van der Waals surface area contributed by atoms with Crippen molar-refractivity contribution < 1.29 is 19.8 Å². The largest absolute Gasteiger partial charge is 0.390 e. The monoisotopic (exact) mass is 316 g/mol. The van der Waals surface area contributed by atoms with Crippen LogP contribution in [0.3, 0.4) is 0 Å². The number of carbonyl (C=O) groups is 2. The molecule has 1 aliphatic rings. The first-order chi connectivity index (χ1) is 9.85. The minimum absolute atomic E-state index is 0.0160. The topological polar surface area (TPSA) is 137 Å². The first-order valence-electron chi connectivity index (χ1n) is 6.52. The molecule has 21 heavy (non-hydrogen) atoms. The molecule has 0 aromatic rings. The Morgan fingerprint density at radius 2 is 2.10 bits per heavy atom. The molecule has 0 aromatic heterocycles. The van der Waals surface area contributed by atoms with Crippen molar-refractivity contribution >= 4 is 29.1 Å². The summed E-state index contributed by atoms with van der Waals surface area (Å²) in [5, 5.41) is 28.0. The van der Waals surface area contributed by atoms with Crippen molar-refractivity contribution in [2.75, 3.05) is 13.1 Å². The van der Waals surface area contributed by atoms with Crippen LogP contribution in [0.2, 0.25) is 0 Å².